The van der Waals surface area contributed by atoms with Crippen LogP contribution in [0, 0.1) is 0 Å². The Labute approximate surface area is 170 Å². The summed E-state index contributed by atoms with van der Waals surface area (Å²) < 4.78 is 1.17. The molecule has 1 saturated carbocycles. The van der Waals surface area contributed by atoms with Crippen molar-refractivity contribution in [2.24, 2.45) is 0 Å². The monoisotopic (exact) mass is 390 g/mol. The van der Waals surface area contributed by atoms with E-state index in [1.165, 1.54) is 29.5 Å². The third-order valence-electron chi connectivity index (χ3n) is 6.63. The highest BCUT2D eigenvalue weighted by Gasteiger charge is 2.50. The summed E-state index contributed by atoms with van der Waals surface area (Å²) in [4.78, 5) is 16.0. The topological polar surface area (TPSA) is 32.3 Å². The molecule has 0 spiro atoms. The summed E-state index contributed by atoms with van der Waals surface area (Å²) in [5.41, 5.74) is 2.10. The summed E-state index contributed by atoms with van der Waals surface area (Å²) in [5, 5.41) is 6.54. The van der Waals surface area contributed by atoms with Crippen LogP contribution in [0.1, 0.15) is 54.1 Å². The van der Waals surface area contributed by atoms with E-state index < -0.39 is 0 Å². The molecule has 1 aliphatic heterocycles. The van der Waals surface area contributed by atoms with E-state index in [0.717, 1.165) is 36.9 Å². The molecule has 5 rings (SSSR count). The van der Waals surface area contributed by atoms with E-state index in [-0.39, 0.29) is 17.5 Å². The lowest BCUT2D eigenvalue weighted by molar-refractivity contribution is -0.000399. The predicted octanol–water partition coefficient (Wildman–Crippen LogP) is 5.39. The molecule has 144 valence electrons. The first-order valence-electron chi connectivity index (χ1n) is 10.3. The number of benzene rings is 2. The largest absolute Gasteiger partial charge is 0.343 e. The van der Waals surface area contributed by atoms with Crippen molar-refractivity contribution in [3.63, 3.8) is 0 Å². The highest BCUT2D eigenvalue weighted by Crippen LogP contribution is 2.48. The number of fused-ring (bicyclic) bond motifs is 1. The fourth-order valence-electron chi connectivity index (χ4n) is 5.02. The molecule has 1 unspecified atom stereocenters. The standard InChI is InChI=1S/C24H26N2OS/c27-23(20-17-28-21-12-5-4-11-19(20)21)25-22(18-9-2-1-3-10-18)24(13-8-14-24)26-15-6-7-16-26/h1-5,9-12,17,22H,6-8,13-16H2,(H,25,27). The molecular formula is C24H26N2OS. The molecule has 1 aliphatic carbocycles. The van der Waals surface area contributed by atoms with E-state index in [1.807, 2.05) is 17.5 Å². The summed E-state index contributed by atoms with van der Waals surface area (Å²) in [6.07, 6.45) is 6.12. The Balaban J connectivity index is 1.51. The van der Waals surface area contributed by atoms with Crippen LogP contribution in [0.3, 0.4) is 0 Å². The van der Waals surface area contributed by atoms with Gasteiger partial charge in [-0.25, -0.2) is 0 Å². The minimum atomic E-state index is 0.0340. The van der Waals surface area contributed by atoms with Crippen LogP contribution in [0.25, 0.3) is 10.1 Å². The van der Waals surface area contributed by atoms with E-state index in [0.29, 0.717) is 0 Å². The van der Waals surface area contributed by atoms with Crippen LogP contribution in [-0.2, 0) is 0 Å². The van der Waals surface area contributed by atoms with Gasteiger partial charge in [-0.3, -0.25) is 9.69 Å². The molecule has 0 bridgehead atoms. The van der Waals surface area contributed by atoms with Gasteiger partial charge in [0.15, 0.2) is 0 Å². The van der Waals surface area contributed by atoms with Crippen LogP contribution in [0.5, 0.6) is 0 Å². The van der Waals surface area contributed by atoms with Crippen LogP contribution in [0.15, 0.2) is 60.0 Å². The van der Waals surface area contributed by atoms with Gasteiger partial charge >= 0.3 is 0 Å². The van der Waals surface area contributed by atoms with E-state index in [2.05, 4.69) is 52.7 Å². The first kappa shape index (κ1) is 17.9. The summed E-state index contributed by atoms with van der Waals surface area (Å²) >= 11 is 1.65. The quantitative estimate of drug-likeness (QED) is 0.633. The van der Waals surface area contributed by atoms with Gasteiger partial charge in [0.1, 0.15) is 0 Å². The molecule has 3 nitrogen and oxygen atoms in total. The molecule has 4 heteroatoms. The number of nitrogens with zero attached hydrogens (tertiary/aromatic N) is 1. The molecule has 1 aromatic heterocycles. The third-order valence-corrected chi connectivity index (χ3v) is 7.59. The second-order valence-corrected chi connectivity index (χ2v) is 9.03. The molecule has 2 fully saturated rings. The van der Waals surface area contributed by atoms with Gasteiger partial charge in [0.2, 0.25) is 0 Å². The van der Waals surface area contributed by atoms with Gasteiger partial charge in [0.05, 0.1) is 11.6 Å². The number of amides is 1. The molecule has 2 aromatic carbocycles. The van der Waals surface area contributed by atoms with Gasteiger partial charge in [-0.05, 0) is 56.8 Å². The number of hydrogen-bond donors (Lipinski definition) is 1. The molecule has 1 atom stereocenters. The summed E-state index contributed by atoms with van der Waals surface area (Å²) in [7, 11) is 0. The normalized spacial score (nSPS) is 20.0. The highest BCUT2D eigenvalue weighted by atomic mass is 32.1. The van der Waals surface area contributed by atoms with Crippen molar-refractivity contribution < 1.29 is 4.79 Å². The van der Waals surface area contributed by atoms with Crippen molar-refractivity contribution in [3.8, 4) is 0 Å². The van der Waals surface area contributed by atoms with Crippen LogP contribution in [0.4, 0.5) is 0 Å². The fourth-order valence-corrected chi connectivity index (χ4v) is 5.97. The Bertz CT molecular complexity index is 970. The van der Waals surface area contributed by atoms with E-state index in [4.69, 9.17) is 0 Å². The average Bonchev–Trinajstić information content (AvgIpc) is 3.37. The Morgan fingerprint density at radius 3 is 2.39 bits per heavy atom. The second kappa shape index (κ2) is 7.34. The Hall–Kier alpha value is -2.17. The maximum absolute atomic E-state index is 13.4. The molecule has 0 radical (unpaired) electrons. The summed E-state index contributed by atoms with van der Waals surface area (Å²) in [6.45, 7) is 2.31. The summed E-state index contributed by atoms with van der Waals surface area (Å²) in [5.74, 6) is 0.0526. The summed E-state index contributed by atoms with van der Waals surface area (Å²) in [6, 6.07) is 18.8. The number of nitrogens with one attached hydrogen (secondary N) is 1. The number of likely N-dealkylation sites (tertiary alicyclic amines) is 1. The smallest absolute Gasteiger partial charge is 0.253 e. The SMILES string of the molecule is O=C(NC(c1ccccc1)C1(N2CCCC2)CCC1)c1csc2ccccc12. The van der Waals surface area contributed by atoms with E-state index >= 15 is 0 Å². The predicted molar refractivity (Wildman–Crippen MR) is 116 cm³/mol. The van der Waals surface area contributed by atoms with Crippen molar-refractivity contribution in [2.45, 2.75) is 43.7 Å². The number of thiophene rings is 1. The average molecular weight is 391 g/mol. The van der Waals surface area contributed by atoms with Crippen molar-refractivity contribution in [3.05, 3.63) is 71.1 Å². The van der Waals surface area contributed by atoms with Crippen molar-refractivity contribution >= 4 is 27.3 Å². The number of carbonyl (C=O) groups excluding carboxylic acids is 1. The zero-order valence-electron chi connectivity index (χ0n) is 16.1. The number of carbonyl (C=O) groups is 1. The lowest BCUT2D eigenvalue weighted by Gasteiger charge is -2.54. The second-order valence-electron chi connectivity index (χ2n) is 8.11. The molecule has 1 N–H and O–H groups in total. The van der Waals surface area contributed by atoms with Crippen LogP contribution < -0.4 is 5.32 Å². The van der Waals surface area contributed by atoms with Gasteiger partial charge < -0.3 is 5.32 Å². The van der Waals surface area contributed by atoms with Crippen LogP contribution >= 0.6 is 11.3 Å². The maximum atomic E-state index is 13.4. The van der Waals surface area contributed by atoms with Crippen molar-refractivity contribution in [2.75, 3.05) is 13.1 Å². The maximum Gasteiger partial charge on any atom is 0.253 e. The lowest BCUT2D eigenvalue weighted by atomic mass is 9.68. The van der Waals surface area contributed by atoms with Gasteiger partial charge in [-0.1, -0.05) is 48.5 Å². The minimum absolute atomic E-state index is 0.0340. The van der Waals surface area contributed by atoms with Gasteiger partial charge in [-0.2, -0.15) is 0 Å². The molecule has 3 aromatic rings. The van der Waals surface area contributed by atoms with Crippen LogP contribution in [0.2, 0.25) is 0 Å². The lowest BCUT2D eigenvalue weighted by Crippen LogP contribution is -2.60. The van der Waals surface area contributed by atoms with Crippen molar-refractivity contribution in [1.82, 2.24) is 10.2 Å². The Kier molecular flexibility index (Phi) is 4.69. The van der Waals surface area contributed by atoms with Gasteiger partial charge in [0, 0.05) is 21.0 Å². The zero-order chi connectivity index (χ0) is 19.0. The van der Waals surface area contributed by atoms with E-state index in [1.54, 1.807) is 11.3 Å². The fraction of sp³-hybridized carbons (Fsp3) is 0.375. The highest BCUT2D eigenvalue weighted by molar-refractivity contribution is 7.17. The third kappa shape index (κ3) is 2.96. The molecular weight excluding hydrogens is 364 g/mol. The number of rotatable bonds is 5. The molecule has 28 heavy (non-hydrogen) atoms. The molecule has 1 saturated heterocycles. The Morgan fingerprint density at radius 2 is 1.68 bits per heavy atom. The minimum Gasteiger partial charge on any atom is -0.343 e. The Morgan fingerprint density at radius 1 is 0.964 bits per heavy atom. The molecule has 2 heterocycles. The molecule has 1 amide bonds. The van der Waals surface area contributed by atoms with Crippen molar-refractivity contribution in [1.29, 1.82) is 0 Å². The van der Waals surface area contributed by atoms with Gasteiger partial charge in [-0.15, -0.1) is 11.3 Å². The first-order valence-corrected chi connectivity index (χ1v) is 11.2. The number of hydrogen-bond acceptors (Lipinski definition) is 3. The van der Waals surface area contributed by atoms with Crippen LogP contribution in [-0.4, -0.2) is 29.4 Å². The zero-order valence-corrected chi connectivity index (χ0v) is 16.9. The first-order chi connectivity index (χ1) is 13.8. The van der Waals surface area contributed by atoms with Gasteiger partial charge in [0.25, 0.3) is 5.91 Å². The molecule has 2 aliphatic rings. The van der Waals surface area contributed by atoms with E-state index in [9.17, 15) is 4.79 Å².